The highest BCUT2D eigenvalue weighted by molar-refractivity contribution is 7.23. The molecule has 0 aliphatic carbocycles. The molecule has 0 spiro atoms. The van der Waals surface area contributed by atoms with Crippen LogP contribution < -0.4 is 0 Å². The van der Waals surface area contributed by atoms with Gasteiger partial charge < -0.3 is 0 Å². The van der Waals surface area contributed by atoms with Crippen molar-refractivity contribution in [3.05, 3.63) is 29.6 Å². The van der Waals surface area contributed by atoms with Crippen molar-refractivity contribution in [3.8, 4) is 0 Å². The zero-order valence-corrected chi connectivity index (χ0v) is 10.1. The molecule has 0 bridgehead atoms. The lowest BCUT2D eigenvalue weighted by atomic mass is 10.2. The van der Waals surface area contributed by atoms with Crippen molar-refractivity contribution in [1.82, 2.24) is 14.6 Å². The lowest BCUT2D eigenvalue weighted by molar-refractivity contribution is -0.144. The van der Waals surface area contributed by atoms with Crippen LogP contribution in [0.15, 0.2) is 18.2 Å². The maximum absolute atomic E-state index is 12.5. The zero-order chi connectivity index (χ0) is 12.9. The van der Waals surface area contributed by atoms with E-state index in [0.717, 1.165) is 16.7 Å². The predicted molar refractivity (Wildman–Crippen MR) is 62.8 cm³/mol. The highest BCUT2D eigenvalue weighted by Crippen LogP contribution is 2.32. The van der Waals surface area contributed by atoms with Crippen molar-refractivity contribution in [1.29, 1.82) is 0 Å². The number of thiazole rings is 1. The smallest absolute Gasteiger partial charge is 0.203 e. The second kappa shape index (κ2) is 3.68. The van der Waals surface area contributed by atoms with Crippen LogP contribution in [0.3, 0.4) is 0 Å². The second-order valence-corrected chi connectivity index (χ2v) is 4.83. The number of aromatic nitrogens is 3. The molecule has 3 aromatic rings. The van der Waals surface area contributed by atoms with E-state index in [1.165, 1.54) is 15.9 Å². The van der Waals surface area contributed by atoms with Gasteiger partial charge in [-0.3, -0.25) is 0 Å². The maximum atomic E-state index is 12.5. The minimum absolute atomic E-state index is 0.276. The Morgan fingerprint density at radius 1 is 1.33 bits per heavy atom. The van der Waals surface area contributed by atoms with E-state index in [1.807, 2.05) is 19.1 Å². The van der Waals surface area contributed by atoms with E-state index in [9.17, 15) is 13.2 Å². The number of alkyl halides is 3. The number of benzene rings is 1. The van der Waals surface area contributed by atoms with E-state index in [0.29, 0.717) is 5.52 Å². The minimum atomic E-state index is -4.50. The van der Waals surface area contributed by atoms with Gasteiger partial charge in [0.25, 0.3) is 5.82 Å². The van der Waals surface area contributed by atoms with E-state index >= 15 is 0 Å². The molecule has 0 saturated heterocycles. The number of hydrogen-bond acceptors (Lipinski definition) is 3. The molecule has 0 radical (unpaired) electrons. The van der Waals surface area contributed by atoms with Crippen LogP contribution in [-0.2, 0) is 12.6 Å². The predicted octanol–water partition coefficient (Wildman–Crippen LogP) is 3.53. The van der Waals surface area contributed by atoms with Gasteiger partial charge in [0, 0.05) is 0 Å². The SMILES string of the molecule is CCc1cccc2c1sc1nc(C(F)(F)F)nn12. The summed E-state index contributed by atoms with van der Waals surface area (Å²) in [5.41, 5.74) is 1.77. The molecule has 0 N–H and O–H groups in total. The summed E-state index contributed by atoms with van der Waals surface area (Å²) in [6, 6.07) is 5.54. The third kappa shape index (κ3) is 1.58. The van der Waals surface area contributed by atoms with E-state index in [-0.39, 0.29) is 4.96 Å². The average molecular weight is 271 g/mol. The van der Waals surface area contributed by atoms with Crippen molar-refractivity contribution >= 4 is 26.5 Å². The molecular formula is C11H8F3N3S. The number of hydrogen-bond donors (Lipinski definition) is 0. The number of nitrogens with zero attached hydrogens (tertiary/aromatic N) is 3. The molecule has 1 aromatic carbocycles. The normalized spacial score (nSPS) is 12.7. The molecule has 0 amide bonds. The molecule has 0 unspecified atom stereocenters. The molecular weight excluding hydrogens is 263 g/mol. The summed E-state index contributed by atoms with van der Waals surface area (Å²) in [5, 5.41) is 3.54. The molecule has 0 saturated carbocycles. The van der Waals surface area contributed by atoms with Crippen molar-refractivity contribution in [3.63, 3.8) is 0 Å². The Balaban J connectivity index is 2.32. The largest absolute Gasteiger partial charge is 0.453 e. The topological polar surface area (TPSA) is 30.2 Å². The highest BCUT2D eigenvalue weighted by Gasteiger charge is 2.36. The Morgan fingerprint density at radius 2 is 2.11 bits per heavy atom. The van der Waals surface area contributed by atoms with Crippen LogP contribution >= 0.6 is 11.3 Å². The molecule has 2 aromatic heterocycles. The zero-order valence-electron chi connectivity index (χ0n) is 9.32. The van der Waals surface area contributed by atoms with Crippen LogP contribution in [-0.4, -0.2) is 14.6 Å². The van der Waals surface area contributed by atoms with Crippen LogP contribution in [0.4, 0.5) is 13.2 Å². The summed E-state index contributed by atoms with van der Waals surface area (Å²) in [4.78, 5) is 3.82. The van der Waals surface area contributed by atoms with Gasteiger partial charge in [0.15, 0.2) is 0 Å². The van der Waals surface area contributed by atoms with E-state index < -0.39 is 12.0 Å². The van der Waals surface area contributed by atoms with Gasteiger partial charge in [0.05, 0.1) is 10.2 Å². The van der Waals surface area contributed by atoms with Gasteiger partial charge in [-0.15, -0.1) is 5.10 Å². The molecule has 3 rings (SSSR count). The Labute approximate surface area is 104 Å². The van der Waals surface area contributed by atoms with E-state index in [2.05, 4.69) is 10.1 Å². The summed E-state index contributed by atoms with van der Waals surface area (Å²) in [5.74, 6) is -1.09. The third-order valence-corrected chi connectivity index (χ3v) is 3.83. The lowest BCUT2D eigenvalue weighted by Gasteiger charge is -1.99. The van der Waals surface area contributed by atoms with Crippen molar-refractivity contribution < 1.29 is 13.2 Å². The molecule has 94 valence electrons. The van der Waals surface area contributed by atoms with Crippen molar-refractivity contribution in [2.75, 3.05) is 0 Å². The summed E-state index contributed by atoms with van der Waals surface area (Å²) >= 11 is 1.24. The quantitative estimate of drug-likeness (QED) is 0.677. The molecule has 7 heteroatoms. The van der Waals surface area contributed by atoms with Gasteiger partial charge in [-0.05, 0) is 18.1 Å². The van der Waals surface area contributed by atoms with Gasteiger partial charge in [-0.1, -0.05) is 30.4 Å². The maximum Gasteiger partial charge on any atom is 0.453 e. The molecule has 0 aliphatic heterocycles. The molecule has 18 heavy (non-hydrogen) atoms. The summed E-state index contributed by atoms with van der Waals surface area (Å²) in [6.07, 6.45) is -3.67. The first-order valence-electron chi connectivity index (χ1n) is 5.35. The number of rotatable bonds is 1. The van der Waals surface area contributed by atoms with Crippen LogP contribution in [0.1, 0.15) is 18.3 Å². The van der Waals surface area contributed by atoms with Gasteiger partial charge in [0.1, 0.15) is 0 Å². The molecule has 0 fully saturated rings. The first-order chi connectivity index (χ1) is 8.50. The molecule has 0 aliphatic rings. The monoisotopic (exact) mass is 271 g/mol. The van der Waals surface area contributed by atoms with Gasteiger partial charge in [0.2, 0.25) is 4.96 Å². The first kappa shape index (κ1) is 11.5. The highest BCUT2D eigenvalue weighted by atomic mass is 32.1. The fraction of sp³-hybridized carbons (Fsp3) is 0.273. The Morgan fingerprint density at radius 3 is 2.78 bits per heavy atom. The van der Waals surface area contributed by atoms with Gasteiger partial charge >= 0.3 is 6.18 Å². The van der Waals surface area contributed by atoms with Crippen LogP contribution in [0.25, 0.3) is 15.2 Å². The summed E-state index contributed by atoms with van der Waals surface area (Å²) in [6.45, 7) is 2.01. The minimum Gasteiger partial charge on any atom is -0.203 e. The molecule has 2 heterocycles. The average Bonchev–Trinajstić information content (AvgIpc) is 2.84. The second-order valence-electron chi connectivity index (χ2n) is 3.85. The summed E-state index contributed by atoms with van der Waals surface area (Å²) in [7, 11) is 0. The lowest BCUT2D eigenvalue weighted by Crippen LogP contribution is -2.07. The fourth-order valence-corrected chi connectivity index (χ4v) is 3.01. The fourth-order valence-electron chi connectivity index (χ4n) is 1.87. The van der Waals surface area contributed by atoms with E-state index in [4.69, 9.17) is 0 Å². The Kier molecular flexibility index (Phi) is 2.34. The van der Waals surface area contributed by atoms with Crippen LogP contribution in [0, 0.1) is 0 Å². The Bertz CT molecular complexity index is 726. The van der Waals surface area contributed by atoms with Crippen molar-refractivity contribution in [2.24, 2.45) is 0 Å². The standard InChI is InChI=1S/C11H8F3N3S/c1-2-6-4-3-5-7-8(6)18-10-15-9(11(12,13)14)16-17(7)10/h3-5H,2H2,1H3. The van der Waals surface area contributed by atoms with E-state index in [1.54, 1.807) is 6.07 Å². The number of halogens is 3. The molecule has 0 atom stereocenters. The Hall–Kier alpha value is -1.63. The van der Waals surface area contributed by atoms with Crippen molar-refractivity contribution in [2.45, 2.75) is 19.5 Å². The third-order valence-electron chi connectivity index (χ3n) is 2.71. The first-order valence-corrected chi connectivity index (χ1v) is 6.16. The number of fused-ring (bicyclic) bond motifs is 3. The van der Waals surface area contributed by atoms with Crippen LogP contribution in [0.2, 0.25) is 0 Å². The molecule has 3 nitrogen and oxygen atoms in total. The van der Waals surface area contributed by atoms with Gasteiger partial charge in [-0.2, -0.15) is 18.2 Å². The van der Waals surface area contributed by atoms with Gasteiger partial charge in [-0.25, -0.2) is 4.52 Å². The van der Waals surface area contributed by atoms with Crippen LogP contribution in [0.5, 0.6) is 0 Å². The number of aryl methyl sites for hydroxylation is 1. The summed E-state index contributed by atoms with van der Waals surface area (Å²) < 4.78 is 39.8.